The summed E-state index contributed by atoms with van der Waals surface area (Å²) in [5.41, 5.74) is -1.57. The first-order valence-corrected chi connectivity index (χ1v) is 6.30. The van der Waals surface area contributed by atoms with E-state index in [9.17, 15) is 13.6 Å². The van der Waals surface area contributed by atoms with E-state index in [1.54, 1.807) is 6.92 Å². The van der Waals surface area contributed by atoms with E-state index >= 15 is 0 Å². The van der Waals surface area contributed by atoms with Gasteiger partial charge in [-0.1, -0.05) is 0 Å². The van der Waals surface area contributed by atoms with Crippen molar-refractivity contribution in [2.75, 3.05) is 6.61 Å². The van der Waals surface area contributed by atoms with Crippen molar-refractivity contribution < 1.29 is 13.5 Å². The summed E-state index contributed by atoms with van der Waals surface area (Å²) < 4.78 is 34.6. The zero-order valence-corrected chi connectivity index (χ0v) is 12.2. The highest BCUT2D eigenvalue weighted by atomic mass is 19.1. The minimum Gasteiger partial charge on any atom is -0.488 e. The van der Waals surface area contributed by atoms with Gasteiger partial charge in [-0.2, -0.15) is 9.36 Å². The Bertz CT molecular complexity index is 716. The van der Waals surface area contributed by atoms with Crippen LogP contribution >= 0.6 is 0 Å². The molecular weight excluding hydrogens is 282 g/mol. The number of nitrogens with zero attached hydrogens (tertiary/aromatic N) is 4. The molecule has 0 unspecified atom stereocenters. The van der Waals surface area contributed by atoms with Gasteiger partial charge in [-0.15, -0.1) is 0 Å². The third-order valence-corrected chi connectivity index (χ3v) is 2.76. The van der Waals surface area contributed by atoms with Crippen LogP contribution in [0.2, 0.25) is 0 Å². The maximum absolute atomic E-state index is 13.7. The molecule has 0 bridgehead atoms. The second-order valence-corrected chi connectivity index (χ2v) is 5.37. The fourth-order valence-corrected chi connectivity index (χ4v) is 1.64. The lowest BCUT2D eigenvalue weighted by Gasteiger charge is -2.17. The average Bonchev–Trinajstić information content (AvgIpc) is 2.70. The molecular formula is C13H16F2N4O2. The predicted molar refractivity (Wildman–Crippen MR) is 72.0 cm³/mol. The highest BCUT2D eigenvalue weighted by Crippen LogP contribution is 2.26. The molecule has 2 rings (SSSR count). The third kappa shape index (κ3) is 3.26. The van der Waals surface area contributed by atoms with Crippen LogP contribution in [0.5, 0.6) is 5.75 Å². The van der Waals surface area contributed by atoms with Crippen molar-refractivity contribution in [2.24, 2.45) is 7.05 Å². The van der Waals surface area contributed by atoms with E-state index in [0.29, 0.717) is 5.56 Å². The van der Waals surface area contributed by atoms with Gasteiger partial charge in [0.1, 0.15) is 29.5 Å². The zero-order chi connectivity index (χ0) is 15.8. The monoisotopic (exact) mass is 298 g/mol. The Morgan fingerprint density at radius 1 is 1.33 bits per heavy atom. The molecule has 0 saturated carbocycles. The third-order valence-electron chi connectivity index (χ3n) is 2.76. The summed E-state index contributed by atoms with van der Waals surface area (Å²) in [6.45, 7) is 3.94. The van der Waals surface area contributed by atoms with Gasteiger partial charge in [0.15, 0.2) is 0 Å². The molecule has 0 atom stereocenters. The molecule has 21 heavy (non-hydrogen) atoms. The first kappa shape index (κ1) is 15.1. The summed E-state index contributed by atoms with van der Waals surface area (Å²) in [6, 6.07) is 2.52. The summed E-state index contributed by atoms with van der Waals surface area (Å²) in [5.74, 6) is -0.478. The van der Waals surface area contributed by atoms with Gasteiger partial charge in [0.25, 0.3) is 0 Å². The lowest BCUT2D eigenvalue weighted by molar-refractivity contribution is 0.120. The Morgan fingerprint density at radius 3 is 2.52 bits per heavy atom. The lowest BCUT2D eigenvalue weighted by Crippen LogP contribution is -2.25. The van der Waals surface area contributed by atoms with Crippen LogP contribution in [0.3, 0.4) is 0 Å². The summed E-state index contributed by atoms with van der Waals surface area (Å²) in [4.78, 5) is 11.9. The standard InChI is InChI=1S/C13H16F2N4O2/c1-8-5-10(19-12(20)18(4)16-17-19)11(6-9(8)14)21-7-13(2,3)15/h5-6H,7H2,1-4H3. The van der Waals surface area contributed by atoms with Crippen LogP contribution in [0.1, 0.15) is 19.4 Å². The van der Waals surface area contributed by atoms with Crippen LogP contribution in [-0.2, 0) is 7.05 Å². The molecule has 1 aromatic carbocycles. The molecule has 0 N–H and O–H groups in total. The maximum Gasteiger partial charge on any atom is 0.368 e. The highest BCUT2D eigenvalue weighted by molar-refractivity contribution is 5.48. The van der Waals surface area contributed by atoms with Gasteiger partial charge in [0.2, 0.25) is 0 Å². The van der Waals surface area contributed by atoms with Crippen molar-refractivity contribution >= 4 is 0 Å². The molecule has 2 aromatic rings. The fraction of sp³-hybridized carbons (Fsp3) is 0.462. The number of ether oxygens (including phenoxy) is 1. The maximum atomic E-state index is 13.7. The molecule has 6 nitrogen and oxygen atoms in total. The molecule has 0 amide bonds. The molecule has 0 radical (unpaired) electrons. The van der Waals surface area contributed by atoms with Gasteiger partial charge in [0.05, 0.1) is 0 Å². The number of aromatic nitrogens is 4. The molecule has 0 saturated heterocycles. The van der Waals surface area contributed by atoms with Crippen molar-refractivity contribution in [3.05, 3.63) is 34.0 Å². The second-order valence-electron chi connectivity index (χ2n) is 5.37. The van der Waals surface area contributed by atoms with Crippen LogP contribution in [0.25, 0.3) is 5.69 Å². The summed E-state index contributed by atoms with van der Waals surface area (Å²) in [7, 11) is 1.44. The van der Waals surface area contributed by atoms with Crippen molar-refractivity contribution in [1.29, 1.82) is 0 Å². The smallest absolute Gasteiger partial charge is 0.368 e. The van der Waals surface area contributed by atoms with E-state index in [4.69, 9.17) is 4.74 Å². The van der Waals surface area contributed by atoms with E-state index in [-0.39, 0.29) is 18.0 Å². The normalized spacial score (nSPS) is 11.7. The van der Waals surface area contributed by atoms with Crippen molar-refractivity contribution in [2.45, 2.75) is 26.4 Å². The van der Waals surface area contributed by atoms with Crippen LogP contribution in [-0.4, -0.2) is 32.1 Å². The molecule has 114 valence electrons. The van der Waals surface area contributed by atoms with Crippen molar-refractivity contribution in [3.63, 3.8) is 0 Å². The van der Waals surface area contributed by atoms with E-state index in [1.165, 1.54) is 27.0 Å². The van der Waals surface area contributed by atoms with Crippen LogP contribution in [0.4, 0.5) is 8.78 Å². The van der Waals surface area contributed by atoms with E-state index in [0.717, 1.165) is 15.4 Å². The lowest BCUT2D eigenvalue weighted by atomic mass is 10.2. The van der Waals surface area contributed by atoms with Gasteiger partial charge in [0, 0.05) is 13.1 Å². The summed E-state index contributed by atoms with van der Waals surface area (Å²) in [6.07, 6.45) is 0. The molecule has 0 aliphatic rings. The Morgan fingerprint density at radius 2 is 2.00 bits per heavy atom. The largest absolute Gasteiger partial charge is 0.488 e. The topological polar surface area (TPSA) is 61.9 Å². The van der Waals surface area contributed by atoms with Gasteiger partial charge in [-0.25, -0.2) is 13.6 Å². The molecule has 8 heteroatoms. The average molecular weight is 298 g/mol. The Kier molecular flexibility index (Phi) is 3.80. The number of tetrazole rings is 1. The number of hydrogen-bond donors (Lipinski definition) is 0. The van der Waals surface area contributed by atoms with Crippen LogP contribution in [0.15, 0.2) is 16.9 Å². The highest BCUT2D eigenvalue weighted by Gasteiger charge is 2.20. The molecule has 0 fully saturated rings. The van der Waals surface area contributed by atoms with E-state index in [2.05, 4.69) is 10.4 Å². The number of hydrogen-bond acceptors (Lipinski definition) is 4. The summed E-state index contributed by atoms with van der Waals surface area (Å²) in [5, 5.41) is 7.27. The molecule has 0 aliphatic carbocycles. The van der Waals surface area contributed by atoms with E-state index < -0.39 is 17.2 Å². The van der Waals surface area contributed by atoms with Gasteiger partial charge in [-0.05, 0) is 42.8 Å². The molecule has 1 aromatic heterocycles. The predicted octanol–water partition coefficient (Wildman–Crippen LogP) is 1.54. The van der Waals surface area contributed by atoms with Crippen LogP contribution < -0.4 is 10.4 Å². The Balaban J connectivity index is 2.51. The van der Waals surface area contributed by atoms with Crippen molar-refractivity contribution in [1.82, 2.24) is 19.8 Å². The van der Waals surface area contributed by atoms with E-state index in [1.807, 2.05) is 0 Å². The van der Waals surface area contributed by atoms with Gasteiger partial charge >= 0.3 is 5.69 Å². The number of rotatable bonds is 4. The fourth-order valence-electron chi connectivity index (χ4n) is 1.64. The number of halogens is 2. The first-order valence-electron chi connectivity index (χ1n) is 6.30. The molecule has 1 heterocycles. The summed E-state index contributed by atoms with van der Waals surface area (Å²) >= 11 is 0. The number of benzene rings is 1. The van der Waals surface area contributed by atoms with Crippen LogP contribution in [0, 0.1) is 12.7 Å². The number of aryl methyl sites for hydroxylation is 2. The quantitative estimate of drug-likeness (QED) is 0.859. The second kappa shape index (κ2) is 5.27. The van der Waals surface area contributed by atoms with Gasteiger partial charge < -0.3 is 4.74 Å². The minimum absolute atomic E-state index is 0.0337. The Labute approximate surface area is 119 Å². The Hall–Kier alpha value is -2.25. The SMILES string of the molecule is Cc1cc(-n2nnn(C)c2=O)c(OCC(C)(C)F)cc1F. The molecule has 0 aliphatic heterocycles. The number of alkyl halides is 1. The van der Waals surface area contributed by atoms with Gasteiger partial charge in [-0.3, -0.25) is 0 Å². The zero-order valence-electron chi connectivity index (χ0n) is 12.2. The van der Waals surface area contributed by atoms with Crippen molar-refractivity contribution in [3.8, 4) is 11.4 Å². The first-order chi connectivity index (χ1) is 9.69. The molecule has 0 spiro atoms. The minimum atomic E-state index is -1.59.